The molecule has 0 saturated carbocycles. The van der Waals surface area contributed by atoms with Crippen LogP contribution in [0.4, 0.5) is 5.69 Å². The highest BCUT2D eigenvalue weighted by Gasteiger charge is 2.18. The van der Waals surface area contributed by atoms with E-state index in [0.717, 1.165) is 29.7 Å². The lowest BCUT2D eigenvalue weighted by Gasteiger charge is -2.24. The number of fused-ring (bicyclic) bond motifs is 1. The van der Waals surface area contributed by atoms with Gasteiger partial charge in [-0.3, -0.25) is 4.98 Å². The number of aromatic nitrogens is 1. The first kappa shape index (κ1) is 10.5. The zero-order valence-electron chi connectivity index (χ0n) is 9.82. The molecule has 0 aliphatic carbocycles. The molecule has 0 atom stereocenters. The van der Waals surface area contributed by atoms with Gasteiger partial charge in [0, 0.05) is 17.3 Å². The molecule has 1 aromatic carbocycles. The van der Waals surface area contributed by atoms with Gasteiger partial charge in [-0.2, -0.15) is 0 Å². The summed E-state index contributed by atoms with van der Waals surface area (Å²) in [5, 5.41) is 4.47. The number of nitrogen functional groups attached to an aromatic ring is 1. The fourth-order valence-electron chi connectivity index (χ4n) is 2.68. The van der Waals surface area contributed by atoms with Gasteiger partial charge in [-0.15, -0.1) is 0 Å². The Morgan fingerprint density at radius 1 is 1.18 bits per heavy atom. The molecular weight excluding hydrogens is 210 g/mol. The molecule has 1 aliphatic rings. The van der Waals surface area contributed by atoms with E-state index in [1.807, 2.05) is 12.3 Å². The number of hydrogen-bond acceptors (Lipinski definition) is 3. The van der Waals surface area contributed by atoms with E-state index in [1.165, 1.54) is 18.4 Å². The Balaban J connectivity index is 2.07. The lowest BCUT2D eigenvalue weighted by atomic mass is 9.88. The third-order valence-electron chi connectivity index (χ3n) is 3.64. The zero-order chi connectivity index (χ0) is 11.7. The molecule has 2 aromatic rings. The van der Waals surface area contributed by atoms with Crippen molar-refractivity contribution in [3.8, 4) is 0 Å². The summed E-state index contributed by atoms with van der Waals surface area (Å²) >= 11 is 0. The van der Waals surface area contributed by atoms with Crippen molar-refractivity contribution in [3.63, 3.8) is 0 Å². The van der Waals surface area contributed by atoms with Gasteiger partial charge < -0.3 is 11.1 Å². The lowest BCUT2D eigenvalue weighted by Crippen LogP contribution is -2.27. The highest BCUT2D eigenvalue weighted by atomic mass is 14.9. The van der Waals surface area contributed by atoms with E-state index in [0.29, 0.717) is 5.92 Å². The molecule has 1 fully saturated rings. The van der Waals surface area contributed by atoms with Crippen LogP contribution in [0.15, 0.2) is 30.5 Å². The number of nitrogens with two attached hydrogens (primary N) is 1. The molecule has 1 saturated heterocycles. The van der Waals surface area contributed by atoms with Crippen LogP contribution in [0.25, 0.3) is 10.9 Å². The summed E-state index contributed by atoms with van der Waals surface area (Å²) in [6, 6.07) is 8.25. The minimum atomic E-state index is 0.598. The first-order valence-corrected chi connectivity index (χ1v) is 6.20. The van der Waals surface area contributed by atoms with Crippen LogP contribution in [0.2, 0.25) is 0 Å². The fraction of sp³-hybridized carbons (Fsp3) is 0.357. The lowest BCUT2D eigenvalue weighted by molar-refractivity contribution is 0.461. The van der Waals surface area contributed by atoms with E-state index in [1.54, 1.807) is 0 Å². The summed E-state index contributed by atoms with van der Waals surface area (Å²) in [5.41, 5.74) is 9.50. The van der Waals surface area contributed by atoms with Crippen LogP contribution < -0.4 is 11.1 Å². The van der Waals surface area contributed by atoms with Gasteiger partial charge in [0.15, 0.2) is 0 Å². The number of hydrogen-bond donors (Lipinski definition) is 2. The molecule has 0 spiro atoms. The van der Waals surface area contributed by atoms with Gasteiger partial charge in [0.2, 0.25) is 0 Å². The van der Waals surface area contributed by atoms with Crippen LogP contribution in [-0.4, -0.2) is 18.1 Å². The van der Waals surface area contributed by atoms with Crippen molar-refractivity contribution >= 4 is 16.6 Å². The molecule has 3 nitrogen and oxygen atoms in total. The van der Waals surface area contributed by atoms with Crippen molar-refractivity contribution < 1.29 is 0 Å². The maximum Gasteiger partial charge on any atom is 0.0722 e. The summed E-state index contributed by atoms with van der Waals surface area (Å²) in [6.07, 6.45) is 4.16. The topological polar surface area (TPSA) is 50.9 Å². The van der Waals surface area contributed by atoms with Gasteiger partial charge in [0.1, 0.15) is 0 Å². The van der Waals surface area contributed by atoms with Gasteiger partial charge in [-0.25, -0.2) is 0 Å². The first-order valence-electron chi connectivity index (χ1n) is 6.20. The van der Waals surface area contributed by atoms with Crippen LogP contribution in [0.3, 0.4) is 0 Å². The molecule has 0 unspecified atom stereocenters. The fourth-order valence-corrected chi connectivity index (χ4v) is 2.68. The van der Waals surface area contributed by atoms with E-state index >= 15 is 0 Å². The number of pyridine rings is 1. The zero-order valence-corrected chi connectivity index (χ0v) is 9.82. The molecule has 17 heavy (non-hydrogen) atoms. The van der Waals surface area contributed by atoms with Gasteiger partial charge >= 0.3 is 0 Å². The third-order valence-corrected chi connectivity index (χ3v) is 3.64. The maximum absolute atomic E-state index is 6.29. The molecule has 3 N–H and O–H groups in total. The van der Waals surface area contributed by atoms with E-state index in [2.05, 4.69) is 28.5 Å². The predicted octanol–water partition coefficient (Wildman–Crippen LogP) is 2.28. The van der Waals surface area contributed by atoms with E-state index in [4.69, 9.17) is 5.73 Å². The predicted molar refractivity (Wildman–Crippen MR) is 71.0 cm³/mol. The van der Waals surface area contributed by atoms with Crippen LogP contribution >= 0.6 is 0 Å². The Morgan fingerprint density at radius 3 is 2.82 bits per heavy atom. The van der Waals surface area contributed by atoms with Crippen molar-refractivity contribution in [3.05, 3.63) is 36.0 Å². The Bertz CT molecular complexity index is 530. The van der Waals surface area contributed by atoms with Crippen molar-refractivity contribution in [2.45, 2.75) is 18.8 Å². The minimum Gasteiger partial charge on any atom is -0.398 e. The van der Waals surface area contributed by atoms with Crippen molar-refractivity contribution in [2.75, 3.05) is 18.8 Å². The largest absolute Gasteiger partial charge is 0.398 e. The Labute approximate surface area is 101 Å². The highest BCUT2D eigenvalue weighted by molar-refractivity contribution is 5.92. The number of anilines is 1. The van der Waals surface area contributed by atoms with Crippen LogP contribution in [0, 0.1) is 0 Å². The number of rotatable bonds is 1. The number of nitrogens with one attached hydrogen (secondary N) is 1. The molecule has 0 bridgehead atoms. The van der Waals surface area contributed by atoms with Gasteiger partial charge in [-0.1, -0.05) is 6.07 Å². The smallest absolute Gasteiger partial charge is 0.0722 e. The molecule has 1 aliphatic heterocycles. The SMILES string of the molecule is Nc1c(C2CCNCC2)ccc2ncccc12. The van der Waals surface area contributed by atoms with Crippen LogP contribution in [-0.2, 0) is 0 Å². The molecule has 0 radical (unpaired) electrons. The molecular formula is C14H17N3. The average Bonchev–Trinajstić information content (AvgIpc) is 2.40. The van der Waals surface area contributed by atoms with E-state index < -0.39 is 0 Å². The summed E-state index contributed by atoms with van der Waals surface area (Å²) in [6.45, 7) is 2.18. The van der Waals surface area contributed by atoms with Crippen molar-refractivity contribution in [2.24, 2.45) is 0 Å². The van der Waals surface area contributed by atoms with Crippen molar-refractivity contribution in [1.29, 1.82) is 0 Å². The Kier molecular flexibility index (Phi) is 2.69. The highest BCUT2D eigenvalue weighted by Crippen LogP contribution is 2.33. The molecule has 2 heterocycles. The van der Waals surface area contributed by atoms with E-state index in [-0.39, 0.29) is 0 Å². The first-order chi connectivity index (χ1) is 8.36. The van der Waals surface area contributed by atoms with Crippen LogP contribution in [0.1, 0.15) is 24.3 Å². The molecule has 1 aromatic heterocycles. The monoisotopic (exact) mass is 227 g/mol. The Hall–Kier alpha value is -1.61. The van der Waals surface area contributed by atoms with Crippen molar-refractivity contribution in [1.82, 2.24) is 10.3 Å². The second kappa shape index (κ2) is 4.34. The van der Waals surface area contributed by atoms with Crippen LogP contribution in [0.5, 0.6) is 0 Å². The normalized spacial score (nSPS) is 17.4. The summed E-state index contributed by atoms with van der Waals surface area (Å²) in [5.74, 6) is 0.598. The van der Waals surface area contributed by atoms with Gasteiger partial charge in [0.25, 0.3) is 0 Å². The summed E-state index contributed by atoms with van der Waals surface area (Å²) < 4.78 is 0. The maximum atomic E-state index is 6.29. The molecule has 3 rings (SSSR count). The molecule has 0 amide bonds. The molecule has 3 heteroatoms. The number of piperidine rings is 1. The summed E-state index contributed by atoms with van der Waals surface area (Å²) in [7, 11) is 0. The third kappa shape index (κ3) is 1.87. The van der Waals surface area contributed by atoms with Gasteiger partial charge in [0.05, 0.1) is 5.52 Å². The minimum absolute atomic E-state index is 0.598. The molecule has 88 valence electrons. The number of nitrogens with zero attached hydrogens (tertiary/aromatic N) is 1. The van der Waals surface area contributed by atoms with E-state index in [9.17, 15) is 0 Å². The standard InChI is InChI=1S/C14H17N3/c15-14-11(10-5-8-16-9-6-10)3-4-13-12(14)2-1-7-17-13/h1-4,7,10,16H,5-6,8-9,15H2. The summed E-state index contributed by atoms with van der Waals surface area (Å²) in [4.78, 5) is 4.34. The quantitative estimate of drug-likeness (QED) is 0.735. The second-order valence-electron chi connectivity index (χ2n) is 4.66. The Morgan fingerprint density at radius 2 is 2.00 bits per heavy atom. The second-order valence-corrected chi connectivity index (χ2v) is 4.66. The van der Waals surface area contributed by atoms with Gasteiger partial charge in [-0.05, 0) is 55.6 Å². The average molecular weight is 227 g/mol. The number of benzene rings is 1.